The number of likely N-dealkylation sites (N-methyl/N-ethyl adjacent to an activating group) is 1. The predicted octanol–water partition coefficient (Wildman–Crippen LogP) is 1.26. The largest absolute Gasteiger partial charge is 0.482 e. The van der Waals surface area contributed by atoms with Crippen molar-refractivity contribution in [1.29, 1.82) is 0 Å². The van der Waals surface area contributed by atoms with E-state index in [4.69, 9.17) is 4.74 Å². The van der Waals surface area contributed by atoms with E-state index >= 15 is 0 Å². The van der Waals surface area contributed by atoms with Crippen LogP contribution in [0.1, 0.15) is 6.92 Å². The van der Waals surface area contributed by atoms with Crippen molar-refractivity contribution < 1.29 is 23.6 Å². The van der Waals surface area contributed by atoms with Gasteiger partial charge in [0, 0.05) is 6.07 Å². The first kappa shape index (κ1) is 15.8. The topological polar surface area (TPSA) is 90.7 Å². The number of nitro groups is 1. The van der Waals surface area contributed by atoms with Crippen LogP contribution in [-0.2, 0) is 9.53 Å². The zero-order valence-corrected chi connectivity index (χ0v) is 11.1. The molecule has 0 saturated carbocycles. The number of carbonyl (C=O) groups excluding carboxylic acids is 1. The molecule has 0 amide bonds. The minimum absolute atomic E-state index is 0.276. The Morgan fingerprint density at radius 3 is 2.80 bits per heavy atom. The van der Waals surface area contributed by atoms with E-state index in [9.17, 15) is 19.3 Å². The highest BCUT2D eigenvalue weighted by molar-refractivity contribution is 5.75. The lowest BCUT2D eigenvalue weighted by Crippen LogP contribution is -2.42. The lowest BCUT2D eigenvalue weighted by Gasteiger charge is -2.16. The first-order valence-corrected chi connectivity index (χ1v) is 5.88. The molecule has 1 N–H and O–H groups in total. The molecule has 0 spiro atoms. The Bertz CT molecular complexity index is 495. The molecule has 8 heteroatoms. The van der Waals surface area contributed by atoms with Crippen LogP contribution in [0.3, 0.4) is 0 Å². The monoisotopic (exact) mass is 286 g/mol. The van der Waals surface area contributed by atoms with Crippen LogP contribution >= 0.6 is 0 Å². The van der Waals surface area contributed by atoms with Gasteiger partial charge in [-0.15, -0.1) is 0 Å². The molecule has 110 valence electrons. The number of carbonyl (C=O) groups is 1. The van der Waals surface area contributed by atoms with Gasteiger partial charge in [0.25, 0.3) is 0 Å². The van der Waals surface area contributed by atoms with Crippen LogP contribution in [0.5, 0.6) is 5.75 Å². The molecule has 20 heavy (non-hydrogen) atoms. The van der Waals surface area contributed by atoms with E-state index in [1.807, 2.05) is 0 Å². The average Bonchev–Trinajstić information content (AvgIpc) is 2.43. The third-order valence-electron chi connectivity index (χ3n) is 2.47. The normalized spacial score (nSPS) is 11.8. The van der Waals surface area contributed by atoms with Crippen molar-refractivity contribution in [2.24, 2.45) is 0 Å². The first-order valence-electron chi connectivity index (χ1n) is 5.88. The van der Waals surface area contributed by atoms with E-state index in [1.54, 1.807) is 6.92 Å². The third kappa shape index (κ3) is 3.89. The Balaban J connectivity index is 2.87. The highest BCUT2D eigenvalue weighted by atomic mass is 19.1. The highest BCUT2D eigenvalue weighted by Gasteiger charge is 2.24. The van der Waals surface area contributed by atoms with Crippen LogP contribution in [0, 0.1) is 15.9 Å². The number of benzene rings is 1. The molecule has 0 radical (unpaired) electrons. The average molecular weight is 286 g/mol. The lowest BCUT2D eigenvalue weighted by atomic mass is 10.2. The number of nitrogens with zero attached hydrogens (tertiary/aromatic N) is 1. The van der Waals surface area contributed by atoms with E-state index < -0.39 is 34.2 Å². The summed E-state index contributed by atoms with van der Waals surface area (Å²) in [6.45, 7) is 1.95. The summed E-state index contributed by atoms with van der Waals surface area (Å²) in [6.07, 6.45) is 0. The minimum Gasteiger partial charge on any atom is -0.482 e. The van der Waals surface area contributed by atoms with Gasteiger partial charge in [-0.3, -0.25) is 14.9 Å². The van der Waals surface area contributed by atoms with Crippen LogP contribution in [0.4, 0.5) is 10.1 Å². The molecule has 0 fully saturated rings. The number of ether oxygens (including phenoxy) is 2. The molecule has 1 aromatic carbocycles. The number of methoxy groups -OCH3 is 1. The van der Waals surface area contributed by atoms with Gasteiger partial charge < -0.3 is 14.8 Å². The van der Waals surface area contributed by atoms with E-state index in [2.05, 4.69) is 10.1 Å². The summed E-state index contributed by atoms with van der Waals surface area (Å²) in [5, 5.41) is 13.6. The van der Waals surface area contributed by atoms with Gasteiger partial charge in [-0.25, -0.2) is 4.39 Å². The van der Waals surface area contributed by atoms with Crippen molar-refractivity contribution in [1.82, 2.24) is 5.32 Å². The number of hydrogen-bond donors (Lipinski definition) is 1. The van der Waals surface area contributed by atoms with E-state index in [1.165, 1.54) is 13.2 Å². The van der Waals surface area contributed by atoms with E-state index in [-0.39, 0.29) is 6.61 Å². The van der Waals surface area contributed by atoms with Gasteiger partial charge in [-0.1, -0.05) is 13.0 Å². The second-order valence-corrected chi connectivity index (χ2v) is 3.79. The van der Waals surface area contributed by atoms with Gasteiger partial charge in [-0.2, -0.15) is 0 Å². The Labute approximate surface area is 114 Å². The molecule has 0 aliphatic carbocycles. The number of rotatable bonds is 7. The van der Waals surface area contributed by atoms with Gasteiger partial charge in [0.05, 0.1) is 12.0 Å². The molecule has 0 saturated heterocycles. The maximum absolute atomic E-state index is 13.6. The Kier molecular flexibility index (Phi) is 5.85. The van der Waals surface area contributed by atoms with Gasteiger partial charge in [0.15, 0.2) is 5.82 Å². The Morgan fingerprint density at radius 2 is 2.25 bits per heavy atom. The van der Waals surface area contributed by atoms with Gasteiger partial charge in [-0.05, 0) is 12.6 Å². The Morgan fingerprint density at radius 1 is 1.55 bits per heavy atom. The molecular formula is C12H15FN2O5. The number of esters is 1. The predicted molar refractivity (Wildman–Crippen MR) is 68.0 cm³/mol. The fraction of sp³-hybridized carbons (Fsp3) is 0.417. The van der Waals surface area contributed by atoms with Gasteiger partial charge >= 0.3 is 11.7 Å². The van der Waals surface area contributed by atoms with Crippen molar-refractivity contribution in [3.05, 3.63) is 34.1 Å². The van der Waals surface area contributed by atoms with Crippen molar-refractivity contribution in [3.8, 4) is 5.75 Å². The van der Waals surface area contributed by atoms with Crippen LogP contribution in [0.25, 0.3) is 0 Å². The number of halogens is 1. The molecule has 1 rings (SSSR count). The molecule has 1 aromatic rings. The third-order valence-corrected chi connectivity index (χ3v) is 2.47. The quantitative estimate of drug-likeness (QED) is 0.461. The molecule has 0 aliphatic rings. The summed E-state index contributed by atoms with van der Waals surface area (Å²) in [5.74, 6) is -1.95. The smallest absolute Gasteiger partial charge is 0.326 e. The SMILES string of the molecule is CCNC(COc1c(F)cccc1[N+](=O)[O-])C(=O)OC. The van der Waals surface area contributed by atoms with Crippen LogP contribution < -0.4 is 10.1 Å². The molecular weight excluding hydrogens is 271 g/mol. The van der Waals surface area contributed by atoms with Gasteiger partial charge in [0.1, 0.15) is 12.6 Å². The van der Waals surface area contributed by atoms with E-state index in [0.29, 0.717) is 6.54 Å². The number of nitrogens with one attached hydrogen (secondary N) is 1. The fourth-order valence-corrected chi connectivity index (χ4v) is 1.55. The zero-order valence-electron chi connectivity index (χ0n) is 11.1. The summed E-state index contributed by atoms with van der Waals surface area (Å²) in [5.41, 5.74) is -0.495. The van der Waals surface area contributed by atoms with Crippen LogP contribution in [0.2, 0.25) is 0 Å². The second-order valence-electron chi connectivity index (χ2n) is 3.79. The summed E-state index contributed by atoms with van der Waals surface area (Å²) in [4.78, 5) is 21.5. The Hall–Kier alpha value is -2.22. The molecule has 0 aromatic heterocycles. The standard InChI is InChI=1S/C12H15FN2O5/c1-3-14-9(12(16)19-2)7-20-11-8(13)5-4-6-10(11)15(17)18/h4-6,9,14H,3,7H2,1-2H3. The number of para-hydroxylation sites is 1. The van der Waals surface area contributed by atoms with Gasteiger partial charge in [0.2, 0.25) is 5.75 Å². The highest BCUT2D eigenvalue weighted by Crippen LogP contribution is 2.29. The summed E-state index contributed by atoms with van der Waals surface area (Å²) in [7, 11) is 1.21. The maximum Gasteiger partial charge on any atom is 0.326 e. The molecule has 1 atom stereocenters. The number of hydrogen-bond acceptors (Lipinski definition) is 6. The van der Waals surface area contributed by atoms with Crippen molar-refractivity contribution >= 4 is 11.7 Å². The van der Waals surface area contributed by atoms with Crippen LogP contribution in [-0.4, -0.2) is 37.2 Å². The molecule has 1 unspecified atom stereocenters. The summed E-state index contributed by atoms with van der Waals surface area (Å²) >= 11 is 0. The molecule has 0 aliphatic heterocycles. The lowest BCUT2D eigenvalue weighted by molar-refractivity contribution is -0.386. The molecule has 7 nitrogen and oxygen atoms in total. The first-order chi connectivity index (χ1) is 9.51. The summed E-state index contributed by atoms with van der Waals surface area (Å²) in [6, 6.07) is 2.55. The van der Waals surface area contributed by atoms with Crippen molar-refractivity contribution in [3.63, 3.8) is 0 Å². The summed E-state index contributed by atoms with van der Waals surface area (Å²) < 4.78 is 23.2. The van der Waals surface area contributed by atoms with E-state index in [0.717, 1.165) is 12.1 Å². The fourth-order valence-electron chi connectivity index (χ4n) is 1.55. The molecule has 0 bridgehead atoms. The number of nitro benzene ring substituents is 1. The zero-order chi connectivity index (χ0) is 15.1. The van der Waals surface area contributed by atoms with Crippen molar-refractivity contribution in [2.75, 3.05) is 20.3 Å². The van der Waals surface area contributed by atoms with Crippen molar-refractivity contribution in [2.45, 2.75) is 13.0 Å². The van der Waals surface area contributed by atoms with Crippen LogP contribution in [0.15, 0.2) is 18.2 Å². The molecule has 0 heterocycles. The maximum atomic E-state index is 13.6. The minimum atomic E-state index is -0.862. The second kappa shape index (κ2) is 7.39.